The second-order valence-corrected chi connectivity index (χ2v) is 7.26. The Morgan fingerprint density at radius 1 is 0.848 bits per heavy atom. The first kappa shape index (κ1) is 23.5. The largest absolute Gasteiger partial charge is 0.495 e. The van der Waals surface area contributed by atoms with E-state index in [0.717, 1.165) is 5.56 Å². The van der Waals surface area contributed by atoms with Gasteiger partial charge >= 0.3 is 5.97 Å². The van der Waals surface area contributed by atoms with Crippen LogP contribution >= 0.6 is 0 Å². The van der Waals surface area contributed by atoms with Crippen LogP contribution in [0.1, 0.15) is 35.2 Å². The summed E-state index contributed by atoms with van der Waals surface area (Å²) in [4.78, 5) is 37.1. The molecule has 3 rings (SSSR count). The summed E-state index contributed by atoms with van der Waals surface area (Å²) in [7, 11) is 1.53. The van der Waals surface area contributed by atoms with Crippen LogP contribution < -0.4 is 15.4 Å². The van der Waals surface area contributed by atoms with Gasteiger partial charge in [0.1, 0.15) is 5.75 Å². The molecule has 0 aliphatic heterocycles. The van der Waals surface area contributed by atoms with Crippen LogP contribution in [0.5, 0.6) is 5.75 Å². The van der Waals surface area contributed by atoms with Crippen LogP contribution in [0.25, 0.3) is 0 Å². The first-order valence-corrected chi connectivity index (χ1v) is 10.6. The van der Waals surface area contributed by atoms with Crippen molar-refractivity contribution in [1.82, 2.24) is 0 Å². The molecule has 0 spiro atoms. The summed E-state index contributed by atoms with van der Waals surface area (Å²) in [5.41, 5.74) is 2.32. The number of benzene rings is 3. The maximum absolute atomic E-state index is 12.5. The molecule has 0 saturated heterocycles. The van der Waals surface area contributed by atoms with Crippen LogP contribution in [0.4, 0.5) is 11.4 Å². The molecule has 0 aromatic heterocycles. The number of amides is 2. The minimum Gasteiger partial charge on any atom is -0.495 e. The van der Waals surface area contributed by atoms with Gasteiger partial charge in [-0.3, -0.25) is 14.4 Å². The molecule has 170 valence electrons. The topological polar surface area (TPSA) is 93.7 Å². The summed E-state index contributed by atoms with van der Waals surface area (Å²) in [5.74, 6) is -1.07. The van der Waals surface area contributed by atoms with Gasteiger partial charge in [0.05, 0.1) is 18.7 Å². The lowest BCUT2D eigenvalue weighted by molar-refractivity contribution is -0.149. The van der Waals surface area contributed by atoms with Crippen molar-refractivity contribution < 1.29 is 23.9 Å². The Morgan fingerprint density at radius 3 is 2.18 bits per heavy atom. The van der Waals surface area contributed by atoms with Crippen molar-refractivity contribution in [1.29, 1.82) is 0 Å². The summed E-state index contributed by atoms with van der Waals surface area (Å²) < 4.78 is 10.4. The van der Waals surface area contributed by atoms with E-state index in [1.807, 2.05) is 43.3 Å². The van der Waals surface area contributed by atoms with Gasteiger partial charge in [-0.05, 0) is 48.4 Å². The Kier molecular flexibility index (Phi) is 8.18. The number of nitrogens with one attached hydrogen (secondary N) is 2. The SMILES string of the molecule is CCC(C(=O)OCC(=O)Nc1ccc(C(=O)Nc2ccccc2OC)cc1)c1ccccc1. The summed E-state index contributed by atoms with van der Waals surface area (Å²) in [6, 6.07) is 22.8. The normalized spacial score (nSPS) is 11.2. The van der Waals surface area contributed by atoms with E-state index >= 15 is 0 Å². The van der Waals surface area contributed by atoms with Gasteiger partial charge in [0.2, 0.25) is 0 Å². The van der Waals surface area contributed by atoms with Gasteiger partial charge in [-0.1, -0.05) is 49.4 Å². The molecule has 1 unspecified atom stereocenters. The molecule has 3 aromatic rings. The second-order valence-electron chi connectivity index (χ2n) is 7.26. The molecule has 1 atom stereocenters. The van der Waals surface area contributed by atoms with Gasteiger partial charge < -0.3 is 20.1 Å². The monoisotopic (exact) mass is 446 g/mol. The summed E-state index contributed by atoms with van der Waals surface area (Å²) in [5, 5.41) is 5.45. The van der Waals surface area contributed by atoms with Crippen LogP contribution in [0, 0.1) is 0 Å². The predicted octanol–water partition coefficient (Wildman–Crippen LogP) is 4.62. The molecular weight excluding hydrogens is 420 g/mol. The summed E-state index contributed by atoms with van der Waals surface area (Å²) >= 11 is 0. The zero-order valence-electron chi connectivity index (χ0n) is 18.5. The van der Waals surface area contributed by atoms with Crippen molar-refractivity contribution in [2.75, 3.05) is 24.4 Å². The number of hydrogen-bond acceptors (Lipinski definition) is 5. The lowest BCUT2D eigenvalue weighted by Gasteiger charge is -2.14. The zero-order valence-corrected chi connectivity index (χ0v) is 18.5. The molecule has 33 heavy (non-hydrogen) atoms. The highest BCUT2D eigenvalue weighted by Crippen LogP contribution is 2.24. The van der Waals surface area contributed by atoms with E-state index in [9.17, 15) is 14.4 Å². The molecule has 2 N–H and O–H groups in total. The molecule has 0 aliphatic carbocycles. The van der Waals surface area contributed by atoms with E-state index in [-0.39, 0.29) is 5.91 Å². The number of rotatable bonds is 9. The number of methoxy groups -OCH3 is 1. The van der Waals surface area contributed by atoms with E-state index in [0.29, 0.717) is 29.1 Å². The smallest absolute Gasteiger partial charge is 0.313 e. The third-order valence-corrected chi connectivity index (χ3v) is 5.03. The quantitative estimate of drug-likeness (QED) is 0.468. The average Bonchev–Trinajstić information content (AvgIpc) is 2.84. The molecule has 0 heterocycles. The molecule has 7 nitrogen and oxygen atoms in total. The highest BCUT2D eigenvalue weighted by molar-refractivity contribution is 6.05. The Hall–Kier alpha value is -4.13. The fourth-order valence-electron chi connectivity index (χ4n) is 3.31. The lowest BCUT2D eigenvalue weighted by Crippen LogP contribution is -2.24. The Labute approximate surface area is 192 Å². The first-order valence-electron chi connectivity index (χ1n) is 10.6. The molecule has 0 bridgehead atoms. The Bertz CT molecular complexity index is 1100. The van der Waals surface area contributed by atoms with Gasteiger partial charge in [-0.15, -0.1) is 0 Å². The van der Waals surface area contributed by atoms with Crippen molar-refractivity contribution in [3.05, 3.63) is 90.0 Å². The van der Waals surface area contributed by atoms with Crippen LogP contribution in [-0.4, -0.2) is 31.5 Å². The van der Waals surface area contributed by atoms with Crippen LogP contribution in [0.3, 0.4) is 0 Å². The zero-order chi connectivity index (χ0) is 23.6. The van der Waals surface area contributed by atoms with Crippen molar-refractivity contribution >= 4 is 29.2 Å². The number of carbonyl (C=O) groups excluding carboxylic acids is 3. The molecule has 0 aliphatic rings. The number of anilines is 2. The second kappa shape index (κ2) is 11.5. The molecule has 0 radical (unpaired) electrons. The number of para-hydroxylation sites is 2. The van der Waals surface area contributed by atoms with Gasteiger partial charge in [0, 0.05) is 11.3 Å². The number of ether oxygens (including phenoxy) is 2. The third kappa shape index (κ3) is 6.43. The van der Waals surface area contributed by atoms with Crippen LogP contribution in [0.2, 0.25) is 0 Å². The third-order valence-electron chi connectivity index (χ3n) is 5.03. The highest BCUT2D eigenvalue weighted by Gasteiger charge is 2.21. The fourth-order valence-corrected chi connectivity index (χ4v) is 3.31. The minimum atomic E-state index is -0.461. The van der Waals surface area contributed by atoms with E-state index in [2.05, 4.69) is 10.6 Å². The maximum atomic E-state index is 12.5. The Balaban J connectivity index is 1.52. The molecule has 0 fully saturated rings. The highest BCUT2D eigenvalue weighted by atomic mass is 16.5. The standard InChI is InChI=1S/C26H26N2O5/c1-3-21(18-9-5-4-6-10-18)26(31)33-17-24(29)27-20-15-13-19(14-16-20)25(30)28-22-11-7-8-12-23(22)32-2/h4-16,21H,3,17H2,1-2H3,(H,27,29)(H,28,30). The van der Waals surface area contributed by atoms with E-state index in [4.69, 9.17) is 9.47 Å². The van der Waals surface area contributed by atoms with Gasteiger partial charge in [0.15, 0.2) is 6.61 Å². The van der Waals surface area contributed by atoms with Crippen LogP contribution in [0.15, 0.2) is 78.9 Å². The molecule has 2 amide bonds. The lowest BCUT2D eigenvalue weighted by atomic mass is 9.97. The first-order chi connectivity index (χ1) is 16.0. The number of carbonyl (C=O) groups is 3. The molecule has 7 heteroatoms. The molecular formula is C26H26N2O5. The van der Waals surface area contributed by atoms with Crippen molar-refractivity contribution in [2.45, 2.75) is 19.3 Å². The van der Waals surface area contributed by atoms with E-state index < -0.39 is 24.4 Å². The molecule has 0 saturated carbocycles. The van der Waals surface area contributed by atoms with E-state index in [1.54, 1.807) is 42.5 Å². The number of hydrogen-bond donors (Lipinski definition) is 2. The van der Waals surface area contributed by atoms with Crippen LogP contribution in [-0.2, 0) is 14.3 Å². The summed E-state index contributed by atoms with van der Waals surface area (Å²) in [6.45, 7) is 1.50. The Morgan fingerprint density at radius 2 is 1.52 bits per heavy atom. The average molecular weight is 447 g/mol. The van der Waals surface area contributed by atoms with E-state index in [1.165, 1.54) is 7.11 Å². The molecule has 3 aromatic carbocycles. The minimum absolute atomic E-state index is 0.308. The van der Waals surface area contributed by atoms with Crippen molar-refractivity contribution in [2.24, 2.45) is 0 Å². The van der Waals surface area contributed by atoms with Crippen molar-refractivity contribution in [3.8, 4) is 5.75 Å². The van der Waals surface area contributed by atoms with Crippen molar-refractivity contribution in [3.63, 3.8) is 0 Å². The number of esters is 1. The summed E-state index contributed by atoms with van der Waals surface area (Å²) in [6.07, 6.45) is 0.572. The predicted molar refractivity (Wildman–Crippen MR) is 126 cm³/mol. The maximum Gasteiger partial charge on any atom is 0.313 e. The van der Waals surface area contributed by atoms with Gasteiger partial charge in [-0.2, -0.15) is 0 Å². The fraction of sp³-hybridized carbons (Fsp3) is 0.192. The van der Waals surface area contributed by atoms with Gasteiger partial charge in [0.25, 0.3) is 11.8 Å². The van der Waals surface area contributed by atoms with Gasteiger partial charge in [-0.25, -0.2) is 0 Å².